The number of nitrogens with two attached hydrogens (primary N) is 2. The Morgan fingerprint density at radius 3 is 2.77 bits per heavy atom. The van der Waals surface area contributed by atoms with Crippen molar-refractivity contribution in [1.29, 1.82) is 0 Å². The number of hydrogen-bond donors (Lipinski definition) is 4. The molecule has 2 unspecified atom stereocenters. The molecule has 1 aliphatic carbocycles. The van der Waals surface area contributed by atoms with Crippen molar-refractivity contribution in [3.63, 3.8) is 0 Å². The summed E-state index contributed by atoms with van der Waals surface area (Å²) in [5.41, 5.74) is 16.2. The molecule has 2 aromatic heterocycles. The van der Waals surface area contributed by atoms with E-state index in [-0.39, 0.29) is 17.9 Å². The van der Waals surface area contributed by atoms with E-state index in [4.69, 9.17) is 16.5 Å². The quantitative estimate of drug-likeness (QED) is 0.261. The van der Waals surface area contributed by atoms with Crippen LogP contribution >= 0.6 is 0 Å². The summed E-state index contributed by atoms with van der Waals surface area (Å²) >= 11 is 0. The lowest BCUT2D eigenvalue weighted by Crippen LogP contribution is -2.25. The molecule has 2 fully saturated rings. The van der Waals surface area contributed by atoms with Gasteiger partial charge >= 0.3 is 0 Å². The van der Waals surface area contributed by atoms with Crippen molar-refractivity contribution in [2.24, 2.45) is 11.5 Å². The number of nitrogens with zero attached hydrogens (tertiary/aromatic N) is 4. The molecule has 1 aliphatic heterocycles. The molecule has 2 amide bonds. The molecular weight excluding hydrogens is 492 g/mol. The highest BCUT2D eigenvalue weighted by molar-refractivity contribution is 6.04. The number of carbonyl (C=O) groups is 2. The summed E-state index contributed by atoms with van der Waals surface area (Å²) in [4.78, 5) is 36.2. The molecule has 0 bridgehead atoms. The van der Waals surface area contributed by atoms with Crippen LogP contribution in [0.3, 0.4) is 0 Å². The van der Waals surface area contributed by atoms with Crippen LogP contribution in [0.4, 0.5) is 5.69 Å². The molecule has 200 valence electrons. The number of hydrogen-bond acceptors (Lipinski definition) is 7. The van der Waals surface area contributed by atoms with E-state index < -0.39 is 5.91 Å². The molecular formula is C29H32N8O2. The lowest BCUT2D eigenvalue weighted by Gasteiger charge is -2.19. The molecule has 2 aromatic carbocycles. The van der Waals surface area contributed by atoms with Gasteiger partial charge in [-0.2, -0.15) is 5.10 Å². The lowest BCUT2D eigenvalue weighted by molar-refractivity contribution is 0.0998. The number of aromatic amines is 1. The van der Waals surface area contributed by atoms with Crippen LogP contribution in [0.2, 0.25) is 0 Å². The van der Waals surface area contributed by atoms with Crippen molar-refractivity contribution in [2.45, 2.75) is 43.6 Å². The highest BCUT2D eigenvalue weighted by Crippen LogP contribution is 2.39. The normalized spacial score (nSPS) is 18.3. The number of anilines is 1. The van der Waals surface area contributed by atoms with E-state index in [0.29, 0.717) is 28.4 Å². The number of benzene rings is 2. The minimum atomic E-state index is -0.486. The number of para-hydroxylation sites is 1. The maximum Gasteiger partial charge on any atom is 0.276 e. The Bertz CT molecular complexity index is 1530. The number of fused-ring (bicyclic) bond motifs is 1. The van der Waals surface area contributed by atoms with Gasteiger partial charge < -0.3 is 21.7 Å². The average molecular weight is 525 g/mol. The molecule has 1 saturated carbocycles. The summed E-state index contributed by atoms with van der Waals surface area (Å²) in [5, 5.41) is 10.9. The van der Waals surface area contributed by atoms with Gasteiger partial charge in [0, 0.05) is 47.4 Å². The Labute approximate surface area is 226 Å². The summed E-state index contributed by atoms with van der Waals surface area (Å²) in [6.07, 6.45) is 5.79. The standard InChI is InChI=1S/C29H32N8O2/c30-23(18-3-1-5-21(13-18)33-29(39)25-14-24(35-36-25)17-7-8-17)10-12-37-11-9-20(16-37)28-32-15-19-4-2-6-22(27(31)38)26(19)34-28/h1-6,13-15,17,20,23H,7-12,16,30H2,(H2,31,38)(H,33,39)(H,35,36). The molecule has 10 nitrogen and oxygen atoms in total. The van der Waals surface area contributed by atoms with E-state index in [1.54, 1.807) is 18.3 Å². The predicted octanol–water partition coefficient (Wildman–Crippen LogP) is 3.46. The molecule has 10 heteroatoms. The fourth-order valence-corrected chi connectivity index (χ4v) is 5.30. The van der Waals surface area contributed by atoms with Crippen LogP contribution in [0.5, 0.6) is 0 Å². The smallest absolute Gasteiger partial charge is 0.276 e. The number of carbonyl (C=O) groups excluding carboxylic acids is 2. The molecule has 39 heavy (non-hydrogen) atoms. The number of nitrogens with one attached hydrogen (secondary N) is 2. The highest BCUT2D eigenvalue weighted by Gasteiger charge is 2.28. The molecule has 2 atom stereocenters. The minimum Gasteiger partial charge on any atom is -0.366 e. The van der Waals surface area contributed by atoms with Crippen molar-refractivity contribution in [2.75, 3.05) is 25.0 Å². The van der Waals surface area contributed by atoms with Crippen LogP contribution in [0, 0.1) is 0 Å². The number of rotatable bonds is 9. The first-order chi connectivity index (χ1) is 18.9. The van der Waals surface area contributed by atoms with E-state index in [2.05, 4.69) is 25.4 Å². The van der Waals surface area contributed by atoms with Gasteiger partial charge in [0.2, 0.25) is 0 Å². The van der Waals surface area contributed by atoms with Gasteiger partial charge in [-0.05, 0) is 68.6 Å². The zero-order valence-electron chi connectivity index (χ0n) is 21.6. The van der Waals surface area contributed by atoms with Crippen LogP contribution in [0.25, 0.3) is 10.9 Å². The second kappa shape index (κ2) is 10.5. The molecule has 6 rings (SSSR count). The SMILES string of the molecule is NC(=O)c1cccc2cnc(C3CCN(CCC(N)c4cccc(NC(=O)c5cc(C6CC6)[nH]n5)c4)C3)nc12. The molecule has 0 spiro atoms. The van der Waals surface area contributed by atoms with Crippen LogP contribution in [0.1, 0.15) is 81.5 Å². The van der Waals surface area contributed by atoms with Gasteiger partial charge in [-0.3, -0.25) is 14.7 Å². The van der Waals surface area contributed by atoms with E-state index in [1.807, 2.05) is 36.4 Å². The second-order valence-electron chi connectivity index (χ2n) is 10.6. The van der Waals surface area contributed by atoms with Crippen molar-refractivity contribution in [3.05, 3.63) is 83.1 Å². The number of primary amides is 1. The van der Waals surface area contributed by atoms with Gasteiger partial charge in [-0.15, -0.1) is 0 Å². The molecule has 4 aromatic rings. The van der Waals surface area contributed by atoms with E-state index in [1.165, 1.54) is 0 Å². The van der Waals surface area contributed by atoms with Gasteiger partial charge in [0.25, 0.3) is 11.8 Å². The Kier molecular flexibility index (Phi) is 6.80. The second-order valence-corrected chi connectivity index (χ2v) is 10.6. The van der Waals surface area contributed by atoms with Crippen molar-refractivity contribution < 1.29 is 9.59 Å². The van der Waals surface area contributed by atoms with Crippen LogP contribution in [-0.4, -0.2) is 56.5 Å². The van der Waals surface area contributed by atoms with Gasteiger partial charge in [0.1, 0.15) is 5.82 Å². The molecule has 3 heterocycles. The molecule has 6 N–H and O–H groups in total. The number of aromatic nitrogens is 4. The van der Waals surface area contributed by atoms with Gasteiger partial charge in [-0.1, -0.05) is 24.3 Å². The Morgan fingerprint density at radius 2 is 1.95 bits per heavy atom. The number of likely N-dealkylation sites (tertiary alicyclic amines) is 1. The van der Waals surface area contributed by atoms with Crippen molar-refractivity contribution in [3.8, 4) is 0 Å². The summed E-state index contributed by atoms with van der Waals surface area (Å²) in [6.45, 7) is 2.60. The van der Waals surface area contributed by atoms with Crippen LogP contribution in [0.15, 0.2) is 54.7 Å². The zero-order valence-corrected chi connectivity index (χ0v) is 21.6. The monoisotopic (exact) mass is 524 g/mol. The van der Waals surface area contributed by atoms with E-state index in [9.17, 15) is 9.59 Å². The first kappa shape index (κ1) is 25.1. The number of amides is 2. The molecule has 2 aliphatic rings. The minimum absolute atomic E-state index is 0.164. The molecule has 1 saturated heterocycles. The third kappa shape index (κ3) is 5.52. The zero-order chi connectivity index (χ0) is 26.9. The Hall–Kier alpha value is -4.15. The largest absolute Gasteiger partial charge is 0.366 e. The fraction of sp³-hybridized carbons (Fsp3) is 0.345. The summed E-state index contributed by atoms with van der Waals surface area (Å²) in [6, 6.07) is 14.8. The van der Waals surface area contributed by atoms with Gasteiger partial charge in [-0.25, -0.2) is 9.97 Å². The lowest BCUT2D eigenvalue weighted by atomic mass is 10.0. The van der Waals surface area contributed by atoms with Crippen molar-refractivity contribution >= 4 is 28.4 Å². The van der Waals surface area contributed by atoms with E-state index in [0.717, 1.165) is 67.8 Å². The third-order valence-electron chi connectivity index (χ3n) is 7.71. The van der Waals surface area contributed by atoms with Crippen molar-refractivity contribution in [1.82, 2.24) is 25.1 Å². The predicted molar refractivity (Wildman–Crippen MR) is 148 cm³/mol. The maximum absolute atomic E-state index is 12.7. The first-order valence-electron chi connectivity index (χ1n) is 13.4. The maximum atomic E-state index is 12.7. The average Bonchev–Trinajstić information content (AvgIpc) is 3.47. The number of H-pyrrole nitrogens is 1. The van der Waals surface area contributed by atoms with Crippen LogP contribution < -0.4 is 16.8 Å². The topological polar surface area (TPSA) is 156 Å². The summed E-state index contributed by atoms with van der Waals surface area (Å²) < 4.78 is 0. The Morgan fingerprint density at radius 1 is 1.10 bits per heavy atom. The summed E-state index contributed by atoms with van der Waals surface area (Å²) in [5.74, 6) is 0.729. The Balaban J connectivity index is 1.04. The fourth-order valence-electron chi connectivity index (χ4n) is 5.30. The highest BCUT2D eigenvalue weighted by atomic mass is 16.2. The third-order valence-corrected chi connectivity index (χ3v) is 7.71. The van der Waals surface area contributed by atoms with Gasteiger partial charge in [0.15, 0.2) is 5.69 Å². The summed E-state index contributed by atoms with van der Waals surface area (Å²) in [7, 11) is 0. The van der Waals surface area contributed by atoms with Gasteiger partial charge in [0.05, 0.1) is 11.1 Å². The van der Waals surface area contributed by atoms with E-state index >= 15 is 0 Å². The van der Waals surface area contributed by atoms with Crippen LogP contribution in [-0.2, 0) is 0 Å². The molecule has 0 radical (unpaired) electrons. The first-order valence-corrected chi connectivity index (χ1v) is 13.4.